The smallest absolute Gasteiger partial charge is 0.228 e. The molecule has 0 spiro atoms. The maximum atomic E-state index is 13.5. The van der Waals surface area contributed by atoms with Crippen molar-refractivity contribution in [1.82, 2.24) is 5.32 Å². The molecule has 7 aliphatic rings. The highest BCUT2D eigenvalue weighted by Gasteiger charge is 2.80. The molecule has 23 heavy (non-hydrogen) atoms. The van der Waals surface area contributed by atoms with Crippen LogP contribution in [0.2, 0.25) is 0 Å². The van der Waals surface area contributed by atoms with Crippen molar-refractivity contribution in [3.63, 3.8) is 0 Å². The Balaban J connectivity index is 1.43. The van der Waals surface area contributed by atoms with E-state index in [1.165, 1.54) is 44.9 Å². The van der Waals surface area contributed by atoms with Crippen molar-refractivity contribution in [2.24, 2.45) is 34.0 Å². The molecule has 0 aromatic heterocycles. The van der Waals surface area contributed by atoms with Crippen molar-refractivity contribution in [2.45, 2.75) is 82.5 Å². The van der Waals surface area contributed by atoms with Gasteiger partial charge in [0.1, 0.15) is 0 Å². The van der Waals surface area contributed by atoms with Crippen LogP contribution in [-0.2, 0) is 4.79 Å². The SMILES string of the molecule is CC12CCC(C(=O)NC34CC5CC(CC(C5)C3)C4)(C1Br)C2(C)C. The fraction of sp³-hybridized carbons (Fsp3) is 0.950. The van der Waals surface area contributed by atoms with Crippen LogP contribution in [0.3, 0.4) is 0 Å². The maximum absolute atomic E-state index is 13.5. The first-order valence-corrected chi connectivity index (χ1v) is 10.6. The second-order valence-corrected chi connectivity index (χ2v) is 11.4. The highest BCUT2D eigenvalue weighted by molar-refractivity contribution is 9.09. The van der Waals surface area contributed by atoms with Crippen LogP contribution >= 0.6 is 15.9 Å². The van der Waals surface area contributed by atoms with Gasteiger partial charge in [0.05, 0.1) is 5.41 Å². The normalized spacial score (nSPS) is 58.1. The summed E-state index contributed by atoms with van der Waals surface area (Å²) in [6.07, 6.45) is 10.3. The third-order valence-electron chi connectivity index (χ3n) is 9.40. The number of halogens is 1. The Bertz CT molecular complexity index is 549. The fourth-order valence-electron chi connectivity index (χ4n) is 8.07. The van der Waals surface area contributed by atoms with E-state index in [4.69, 9.17) is 0 Å². The molecule has 1 N–H and O–H groups in total. The van der Waals surface area contributed by atoms with Crippen molar-refractivity contribution in [3.8, 4) is 0 Å². The number of amides is 1. The van der Waals surface area contributed by atoms with Crippen LogP contribution < -0.4 is 5.32 Å². The molecular weight excluding hydrogens is 350 g/mol. The van der Waals surface area contributed by atoms with Crippen molar-refractivity contribution in [1.29, 1.82) is 0 Å². The van der Waals surface area contributed by atoms with Crippen molar-refractivity contribution in [2.75, 3.05) is 0 Å². The lowest BCUT2D eigenvalue weighted by molar-refractivity contribution is -0.166. The molecule has 1 amide bonds. The fourth-order valence-corrected chi connectivity index (χ4v) is 9.88. The zero-order valence-electron chi connectivity index (χ0n) is 14.8. The van der Waals surface area contributed by atoms with Crippen LogP contribution in [0.5, 0.6) is 0 Å². The van der Waals surface area contributed by atoms with Crippen LogP contribution in [-0.4, -0.2) is 16.3 Å². The predicted molar refractivity (Wildman–Crippen MR) is 95.3 cm³/mol. The summed E-state index contributed by atoms with van der Waals surface area (Å²) in [7, 11) is 0. The minimum Gasteiger partial charge on any atom is -0.350 e. The van der Waals surface area contributed by atoms with E-state index in [2.05, 4.69) is 42.0 Å². The standard InChI is InChI=1S/C20H30BrNO/c1-17(2)18(3)4-5-20(17,15(18)21)16(23)22-19-9-12-6-13(10-19)8-14(7-12)11-19/h12-15H,4-11H2,1-3H3,(H,22,23). The minimum atomic E-state index is -0.176. The first-order valence-electron chi connectivity index (χ1n) is 9.69. The van der Waals surface area contributed by atoms with E-state index < -0.39 is 0 Å². The maximum Gasteiger partial charge on any atom is 0.228 e. The van der Waals surface area contributed by atoms with Gasteiger partial charge >= 0.3 is 0 Å². The first-order chi connectivity index (χ1) is 10.7. The molecule has 6 bridgehead atoms. The highest BCUT2D eigenvalue weighted by atomic mass is 79.9. The lowest BCUT2D eigenvalue weighted by atomic mass is 9.43. The number of hydrogen-bond donors (Lipinski definition) is 1. The van der Waals surface area contributed by atoms with E-state index in [0.717, 1.165) is 24.2 Å². The number of carbonyl (C=O) groups is 1. The summed E-state index contributed by atoms with van der Waals surface area (Å²) in [5.41, 5.74) is 0.370. The van der Waals surface area contributed by atoms with Gasteiger partial charge in [-0.1, -0.05) is 36.7 Å². The molecule has 3 heteroatoms. The van der Waals surface area contributed by atoms with Gasteiger partial charge in [-0.05, 0) is 80.0 Å². The van der Waals surface area contributed by atoms with Gasteiger partial charge in [0, 0.05) is 10.4 Å². The van der Waals surface area contributed by atoms with Crippen molar-refractivity contribution < 1.29 is 4.79 Å². The molecule has 128 valence electrons. The summed E-state index contributed by atoms with van der Waals surface area (Å²) < 4.78 is 0. The van der Waals surface area contributed by atoms with Crippen LogP contribution in [0.15, 0.2) is 0 Å². The molecule has 7 fully saturated rings. The molecule has 7 aliphatic carbocycles. The van der Waals surface area contributed by atoms with Gasteiger partial charge in [-0.2, -0.15) is 0 Å². The number of carbonyl (C=O) groups excluding carboxylic acids is 1. The van der Waals surface area contributed by atoms with E-state index in [1.807, 2.05) is 0 Å². The van der Waals surface area contributed by atoms with E-state index in [9.17, 15) is 4.79 Å². The molecule has 0 aromatic carbocycles. The van der Waals surface area contributed by atoms with Crippen LogP contribution in [0.4, 0.5) is 0 Å². The van der Waals surface area contributed by atoms with E-state index in [1.54, 1.807) is 0 Å². The average Bonchev–Trinajstić information content (AvgIpc) is 2.84. The summed E-state index contributed by atoms with van der Waals surface area (Å²) >= 11 is 3.93. The Hall–Kier alpha value is -0.0500. The van der Waals surface area contributed by atoms with Gasteiger partial charge in [-0.3, -0.25) is 4.79 Å². The van der Waals surface area contributed by atoms with Gasteiger partial charge < -0.3 is 5.32 Å². The van der Waals surface area contributed by atoms with Gasteiger partial charge in [-0.15, -0.1) is 0 Å². The summed E-state index contributed by atoms with van der Waals surface area (Å²) in [5.74, 6) is 3.05. The molecule has 0 aliphatic heterocycles. The number of hydrogen-bond acceptors (Lipinski definition) is 1. The third-order valence-corrected chi connectivity index (χ3v) is 11.2. The zero-order valence-corrected chi connectivity index (χ0v) is 16.3. The van der Waals surface area contributed by atoms with E-state index in [-0.39, 0.29) is 21.8 Å². The van der Waals surface area contributed by atoms with Crippen molar-refractivity contribution in [3.05, 3.63) is 0 Å². The molecule has 7 rings (SSSR count). The monoisotopic (exact) mass is 379 g/mol. The zero-order chi connectivity index (χ0) is 16.3. The largest absolute Gasteiger partial charge is 0.350 e. The topological polar surface area (TPSA) is 29.1 Å². The molecule has 0 heterocycles. The Kier molecular flexibility index (Phi) is 2.77. The molecule has 3 unspecified atom stereocenters. The van der Waals surface area contributed by atoms with Gasteiger partial charge in [-0.25, -0.2) is 0 Å². The second kappa shape index (κ2) is 4.19. The third kappa shape index (κ3) is 1.56. The van der Waals surface area contributed by atoms with Gasteiger partial charge in [0.25, 0.3) is 0 Å². The summed E-state index contributed by atoms with van der Waals surface area (Å²) in [4.78, 5) is 13.9. The second-order valence-electron chi connectivity index (χ2n) is 10.5. The summed E-state index contributed by atoms with van der Waals surface area (Å²) in [6.45, 7) is 7.03. The van der Waals surface area contributed by atoms with E-state index in [0.29, 0.717) is 10.7 Å². The Labute approximate surface area is 148 Å². The summed E-state index contributed by atoms with van der Waals surface area (Å²) in [6, 6.07) is 0. The molecule has 3 atom stereocenters. The quantitative estimate of drug-likeness (QED) is 0.694. The molecule has 2 nitrogen and oxygen atoms in total. The predicted octanol–water partition coefficient (Wildman–Crippen LogP) is 4.66. The van der Waals surface area contributed by atoms with Crippen LogP contribution in [0.1, 0.15) is 72.1 Å². The molecular formula is C20H30BrNO. The van der Waals surface area contributed by atoms with Crippen LogP contribution in [0.25, 0.3) is 0 Å². The lowest BCUT2D eigenvalue weighted by Crippen LogP contribution is -2.72. The Morgan fingerprint density at radius 3 is 1.87 bits per heavy atom. The first kappa shape index (κ1) is 15.2. The molecule has 0 radical (unpaired) electrons. The number of nitrogens with one attached hydrogen (secondary N) is 1. The Morgan fingerprint density at radius 1 is 0.957 bits per heavy atom. The average molecular weight is 380 g/mol. The van der Waals surface area contributed by atoms with Gasteiger partial charge in [0.15, 0.2) is 0 Å². The van der Waals surface area contributed by atoms with Gasteiger partial charge in [0.2, 0.25) is 5.91 Å². The lowest BCUT2D eigenvalue weighted by Gasteiger charge is -2.65. The molecule has 0 saturated heterocycles. The highest BCUT2D eigenvalue weighted by Crippen LogP contribution is 2.80. The number of alkyl halides is 1. The van der Waals surface area contributed by atoms with Crippen LogP contribution in [0, 0.1) is 34.0 Å². The number of rotatable bonds is 2. The molecule has 7 saturated carbocycles. The number of fused-ring (bicyclic) bond motifs is 1. The van der Waals surface area contributed by atoms with E-state index >= 15 is 0 Å². The summed E-state index contributed by atoms with van der Waals surface area (Å²) in [5, 5.41) is 3.68. The van der Waals surface area contributed by atoms with Crippen molar-refractivity contribution >= 4 is 21.8 Å². The molecule has 0 aromatic rings. The minimum absolute atomic E-state index is 0.112. The Morgan fingerprint density at radius 2 is 1.48 bits per heavy atom.